The Morgan fingerprint density at radius 1 is 1.26 bits per heavy atom. The first-order valence-corrected chi connectivity index (χ1v) is 7.89. The summed E-state index contributed by atoms with van der Waals surface area (Å²) in [6.07, 6.45) is -5.82. The average molecular weight is 354 g/mol. The molecule has 0 aliphatic rings. The second kappa shape index (κ2) is 7.28. The molecule has 23 heavy (non-hydrogen) atoms. The van der Waals surface area contributed by atoms with Crippen LogP contribution in [0.25, 0.3) is 0 Å². The second-order valence-corrected chi connectivity index (χ2v) is 7.02. The maximum absolute atomic E-state index is 12.0. The minimum absolute atomic E-state index is 0.0295. The number of halogens is 3. The van der Waals surface area contributed by atoms with Crippen molar-refractivity contribution in [2.45, 2.75) is 24.1 Å². The number of alkyl halides is 3. The molecule has 6 nitrogen and oxygen atoms in total. The third-order valence-electron chi connectivity index (χ3n) is 2.77. The Morgan fingerprint density at radius 2 is 1.78 bits per heavy atom. The molecule has 0 fully saturated rings. The van der Waals surface area contributed by atoms with Crippen molar-refractivity contribution in [2.24, 2.45) is 0 Å². The van der Waals surface area contributed by atoms with Gasteiger partial charge in [-0.25, -0.2) is 12.7 Å². The summed E-state index contributed by atoms with van der Waals surface area (Å²) in [5.74, 6) is -0.766. The maximum atomic E-state index is 12.0. The van der Waals surface area contributed by atoms with Crippen molar-refractivity contribution in [1.82, 2.24) is 4.31 Å². The van der Waals surface area contributed by atoms with E-state index in [1.807, 2.05) is 0 Å². The standard InChI is InChI=1S/C13H17F3N2O4S/c1-9(22-8-13(14,15)16)12(19)17-10-4-6-11(7-5-10)23(20,21)18(2)3/h4-7,9H,8H2,1-3H3,(H,17,19)/t9-/m1/s1. The topological polar surface area (TPSA) is 75.7 Å². The van der Waals surface area contributed by atoms with Crippen LogP contribution in [-0.2, 0) is 19.6 Å². The number of sulfonamides is 1. The second-order valence-electron chi connectivity index (χ2n) is 4.87. The van der Waals surface area contributed by atoms with Crippen molar-refractivity contribution in [3.63, 3.8) is 0 Å². The molecule has 0 heterocycles. The van der Waals surface area contributed by atoms with E-state index in [1.165, 1.54) is 45.3 Å². The molecule has 0 radical (unpaired) electrons. The van der Waals surface area contributed by atoms with Crippen molar-refractivity contribution in [1.29, 1.82) is 0 Å². The van der Waals surface area contributed by atoms with Crippen molar-refractivity contribution in [3.05, 3.63) is 24.3 Å². The third kappa shape index (κ3) is 5.81. The van der Waals surface area contributed by atoms with Crippen LogP contribution in [0.5, 0.6) is 0 Å². The van der Waals surface area contributed by atoms with Gasteiger partial charge in [0.15, 0.2) is 0 Å². The Bertz CT molecular complexity index is 642. The first kappa shape index (κ1) is 19.4. The number of benzene rings is 1. The van der Waals surface area contributed by atoms with Gasteiger partial charge >= 0.3 is 6.18 Å². The Labute approximate surface area is 132 Å². The summed E-state index contributed by atoms with van der Waals surface area (Å²) in [5, 5.41) is 2.35. The van der Waals surface area contributed by atoms with Gasteiger partial charge in [0, 0.05) is 19.8 Å². The van der Waals surface area contributed by atoms with Crippen LogP contribution in [0.2, 0.25) is 0 Å². The van der Waals surface area contributed by atoms with E-state index in [2.05, 4.69) is 10.1 Å². The quantitative estimate of drug-likeness (QED) is 0.846. The van der Waals surface area contributed by atoms with Crippen LogP contribution >= 0.6 is 0 Å². The maximum Gasteiger partial charge on any atom is 0.411 e. The Balaban J connectivity index is 2.70. The number of nitrogens with zero attached hydrogens (tertiary/aromatic N) is 1. The molecule has 1 aromatic carbocycles. The average Bonchev–Trinajstić information content (AvgIpc) is 2.44. The smallest absolute Gasteiger partial charge is 0.359 e. The predicted octanol–water partition coefficient (Wildman–Crippen LogP) is 1.84. The molecule has 10 heteroatoms. The first-order chi connectivity index (χ1) is 10.4. The molecule has 0 unspecified atom stereocenters. The number of ether oxygens (including phenoxy) is 1. The molecule has 1 amide bonds. The molecule has 0 aliphatic carbocycles. The molecule has 0 spiro atoms. The van der Waals surface area contributed by atoms with E-state index in [0.29, 0.717) is 0 Å². The molecule has 1 atom stereocenters. The molecule has 0 saturated heterocycles. The fourth-order valence-corrected chi connectivity index (χ4v) is 2.36. The lowest BCUT2D eigenvalue weighted by molar-refractivity contribution is -0.184. The number of rotatable bonds is 6. The van der Waals surface area contributed by atoms with E-state index in [-0.39, 0.29) is 10.6 Å². The molecule has 130 valence electrons. The largest absolute Gasteiger partial charge is 0.411 e. The molecular formula is C13H17F3N2O4S. The van der Waals surface area contributed by atoms with Crippen LogP contribution in [0.1, 0.15) is 6.92 Å². The van der Waals surface area contributed by atoms with Gasteiger partial charge in [-0.15, -0.1) is 0 Å². The minimum atomic E-state index is -4.52. The summed E-state index contributed by atoms with van der Waals surface area (Å²) in [4.78, 5) is 11.7. The summed E-state index contributed by atoms with van der Waals surface area (Å²) < 4.78 is 65.2. The number of carbonyl (C=O) groups is 1. The molecule has 0 aliphatic heterocycles. The Morgan fingerprint density at radius 3 is 2.22 bits per heavy atom. The third-order valence-corrected chi connectivity index (χ3v) is 4.60. The van der Waals surface area contributed by atoms with Gasteiger partial charge in [-0.05, 0) is 31.2 Å². The lowest BCUT2D eigenvalue weighted by Gasteiger charge is -2.15. The summed E-state index contributed by atoms with van der Waals surface area (Å²) in [7, 11) is -0.833. The first-order valence-electron chi connectivity index (χ1n) is 6.45. The highest BCUT2D eigenvalue weighted by Gasteiger charge is 2.30. The minimum Gasteiger partial charge on any atom is -0.359 e. The van der Waals surface area contributed by atoms with Gasteiger partial charge in [0.2, 0.25) is 10.0 Å². The molecule has 1 rings (SSSR count). The van der Waals surface area contributed by atoms with Gasteiger partial charge in [0.25, 0.3) is 5.91 Å². The van der Waals surface area contributed by atoms with Crippen LogP contribution in [-0.4, -0.2) is 51.6 Å². The van der Waals surface area contributed by atoms with Gasteiger partial charge in [0.1, 0.15) is 12.7 Å². The van der Waals surface area contributed by atoms with E-state index < -0.39 is 34.8 Å². The number of anilines is 1. The summed E-state index contributed by atoms with van der Waals surface area (Å²) in [5.41, 5.74) is 0.246. The molecule has 1 N–H and O–H groups in total. The lowest BCUT2D eigenvalue weighted by Crippen LogP contribution is -2.31. The van der Waals surface area contributed by atoms with E-state index >= 15 is 0 Å². The van der Waals surface area contributed by atoms with E-state index in [0.717, 1.165) is 4.31 Å². The van der Waals surface area contributed by atoms with Gasteiger partial charge in [-0.2, -0.15) is 13.2 Å². The number of carbonyl (C=O) groups excluding carboxylic acids is 1. The molecule has 0 saturated carbocycles. The molecule has 1 aromatic rings. The highest BCUT2D eigenvalue weighted by Crippen LogP contribution is 2.18. The summed E-state index contributed by atoms with van der Waals surface area (Å²) in [6.45, 7) is -0.340. The van der Waals surface area contributed by atoms with E-state index in [1.54, 1.807) is 0 Å². The van der Waals surface area contributed by atoms with Crippen molar-refractivity contribution >= 4 is 21.6 Å². The van der Waals surface area contributed by atoms with Gasteiger partial charge in [-0.1, -0.05) is 0 Å². The van der Waals surface area contributed by atoms with Gasteiger partial charge in [0.05, 0.1) is 4.90 Å². The monoisotopic (exact) mass is 354 g/mol. The van der Waals surface area contributed by atoms with Crippen LogP contribution in [0.4, 0.5) is 18.9 Å². The van der Waals surface area contributed by atoms with Gasteiger partial charge < -0.3 is 10.1 Å². The Kier molecular flexibility index (Phi) is 6.14. The fourth-order valence-electron chi connectivity index (χ4n) is 1.46. The molecule has 0 aromatic heterocycles. The van der Waals surface area contributed by atoms with Crippen molar-refractivity contribution in [2.75, 3.05) is 26.0 Å². The zero-order valence-corrected chi connectivity index (χ0v) is 13.5. The van der Waals surface area contributed by atoms with E-state index in [9.17, 15) is 26.4 Å². The number of hydrogen-bond acceptors (Lipinski definition) is 4. The zero-order valence-electron chi connectivity index (χ0n) is 12.7. The highest BCUT2D eigenvalue weighted by molar-refractivity contribution is 7.89. The highest BCUT2D eigenvalue weighted by atomic mass is 32.2. The number of hydrogen-bond donors (Lipinski definition) is 1. The SMILES string of the molecule is C[C@@H](OCC(F)(F)F)C(=O)Nc1ccc(S(=O)(=O)N(C)C)cc1. The summed E-state index contributed by atoms with van der Waals surface area (Å²) in [6, 6.07) is 5.24. The Hall–Kier alpha value is -1.65. The zero-order chi connectivity index (χ0) is 17.8. The fraction of sp³-hybridized carbons (Fsp3) is 0.462. The van der Waals surface area contributed by atoms with Crippen LogP contribution in [0.3, 0.4) is 0 Å². The molecule has 0 bridgehead atoms. The summed E-state index contributed by atoms with van der Waals surface area (Å²) >= 11 is 0. The normalized spacial score (nSPS) is 13.9. The number of amides is 1. The van der Waals surface area contributed by atoms with Crippen molar-refractivity contribution < 1.29 is 31.1 Å². The van der Waals surface area contributed by atoms with Crippen LogP contribution < -0.4 is 5.32 Å². The van der Waals surface area contributed by atoms with Gasteiger partial charge in [-0.3, -0.25) is 4.79 Å². The molecular weight excluding hydrogens is 337 g/mol. The van der Waals surface area contributed by atoms with E-state index in [4.69, 9.17) is 0 Å². The predicted molar refractivity (Wildman–Crippen MR) is 77.4 cm³/mol. The van der Waals surface area contributed by atoms with Crippen LogP contribution in [0.15, 0.2) is 29.2 Å². The van der Waals surface area contributed by atoms with Crippen LogP contribution in [0, 0.1) is 0 Å². The lowest BCUT2D eigenvalue weighted by atomic mass is 10.3. The number of nitrogens with one attached hydrogen (secondary N) is 1. The van der Waals surface area contributed by atoms with Crippen molar-refractivity contribution in [3.8, 4) is 0 Å².